The molecule has 1 aromatic carbocycles. The molecule has 0 saturated carbocycles. The van der Waals surface area contributed by atoms with Gasteiger partial charge in [0, 0.05) is 17.5 Å². The number of nitrogens with zero attached hydrogens (tertiary/aromatic N) is 1. The Balaban J connectivity index is 2.45. The van der Waals surface area contributed by atoms with Gasteiger partial charge in [0.1, 0.15) is 0 Å². The van der Waals surface area contributed by atoms with Gasteiger partial charge in [0.15, 0.2) is 6.23 Å². The highest BCUT2D eigenvalue weighted by molar-refractivity contribution is 6.08. The number of fused-ring (bicyclic) bond motifs is 1. The molecule has 1 aliphatic rings. The number of imide groups is 1. The molecule has 0 bridgehead atoms. The molecule has 15 heavy (non-hydrogen) atoms. The Morgan fingerprint density at radius 1 is 1.47 bits per heavy atom. The number of hydrogen-bond donors (Lipinski definition) is 1. The molecule has 0 aromatic heterocycles. The lowest BCUT2D eigenvalue weighted by Crippen LogP contribution is -2.33. The number of aliphatic hydroxyl groups is 1. The summed E-state index contributed by atoms with van der Waals surface area (Å²) in [5, 5.41) is 9.80. The van der Waals surface area contributed by atoms with Crippen molar-refractivity contribution >= 4 is 11.8 Å². The minimum Gasteiger partial charge on any atom is -0.369 e. The summed E-state index contributed by atoms with van der Waals surface area (Å²) in [6.07, 6.45) is -0.919. The van der Waals surface area contributed by atoms with Gasteiger partial charge in [-0.15, -0.1) is 0 Å². The molecule has 0 aliphatic carbocycles. The molecular formula is C11H11NO3. The Morgan fingerprint density at radius 3 is 2.73 bits per heavy atom. The maximum atomic E-state index is 11.8. The summed E-state index contributed by atoms with van der Waals surface area (Å²) in [7, 11) is 0. The van der Waals surface area contributed by atoms with E-state index in [1.165, 1.54) is 0 Å². The van der Waals surface area contributed by atoms with E-state index in [1.807, 2.05) is 0 Å². The first-order valence-corrected chi connectivity index (χ1v) is 4.80. The van der Waals surface area contributed by atoms with E-state index in [2.05, 4.69) is 0 Å². The van der Waals surface area contributed by atoms with E-state index in [9.17, 15) is 14.7 Å². The topological polar surface area (TPSA) is 57.6 Å². The SMILES string of the molecule is CCC(=O)N1C(=O)c2ccccc2C1O. The van der Waals surface area contributed by atoms with E-state index in [-0.39, 0.29) is 12.3 Å². The maximum Gasteiger partial charge on any atom is 0.263 e. The quantitative estimate of drug-likeness (QED) is 0.746. The third-order valence-corrected chi connectivity index (χ3v) is 2.50. The van der Waals surface area contributed by atoms with E-state index in [4.69, 9.17) is 0 Å². The number of rotatable bonds is 1. The Hall–Kier alpha value is -1.68. The largest absolute Gasteiger partial charge is 0.369 e. The second kappa shape index (κ2) is 3.47. The lowest BCUT2D eigenvalue weighted by molar-refractivity contribution is -0.135. The zero-order valence-corrected chi connectivity index (χ0v) is 8.30. The van der Waals surface area contributed by atoms with Crippen LogP contribution in [0.4, 0.5) is 0 Å². The van der Waals surface area contributed by atoms with Gasteiger partial charge in [-0.25, -0.2) is 4.90 Å². The van der Waals surface area contributed by atoms with Crippen LogP contribution in [0.3, 0.4) is 0 Å². The van der Waals surface area contributed by atoms with Gasteiger partial charge in [0.25, 0.3) is 5.91 Å². The van der Waals surface area contributed by atoms with Crippen LogP contribution in [0.25, 0.3) is 0 Å². The fourth-order valence-electron chi connectivity index (χ4n) is 1.72. The summed E-state index contributed by atoms with van der Waals surface area (Å²) >= 11 is 0. The van der Waals surface area contributed by atoms with Crippen molar-refractivity contribution < 1.29 is 14.7 Å². The molecule has 4 heteroatoms. The highest BCUT2D eigenvalue weighted by Crippen LogP contribution is 2.31. The molecule has 2 rings (SSSR count). The number of aliphatic hydroxyl groups excluding tert-OH is 1. The number of carbonyl (C=O) groups excluding carboxylic acids is 2. The van der Waals surface area contributed by atoms with E-state index < -0.39 is 12.1 Å². The molecule has 0 spiro atoms. The maximum absolute atomic E-state index is 11.8. The van der Waals surface area contributed by atoms with Gasteiger partial charge in [-0.2, -0.15) is 0 Å². The van der Waals surface area contributed by atoms with Crippen LogP contribution in [-0.2, 0) is 4.79 Å². The normalized spacial score (nSPS) is 19.2. The zero-order valence-electron chi connectivity index (χ0n) is 8.30. The molecule has 0 saturated heterocycles. The predicted molar refractivity (Wildman–Crippen MR) is 52.9 cm³/mol. The Kier molecular flexibility index (Phi) is 2.28. The molecule has 1 aliphatic heterocycles. The molecule has 78 valence electrons. The molecule has 1 aromatic rings. The van der Waals surface area contributed by atoms with Crippen LogP contribution in [0.1, 0.15) is 35.5 Å². The summed E-state index contributed by atoms with van der Waals surface area (Å²) in [4.78, 5) is 24.1. The van der Waals surface area contributed by atoms with Crippen LogP contribution in [-0.4, -0.2) is 21.8 Å². The van der Waals surface area contributed by atoms with Gasteiger partial charge in [-0.3, -0.25) is 9.59 Å². The van der Waals surface area contributed by atoms with Crippen molar-refractivity contribution in [3.63, 3.8) is 0 Å². The van der Waals surface area contributed by atoms with Crippen LogP contribution < -0.4 is 0 Å². The number of hydrogen-bond acceptors (Lipinski definition) is 3. The van der Waals surface area contributed by atoms with Crippen LogP contribution in [0.2, 0.25) is 0 Å². The highest BCUT2D eigenvalue weighted by Gasteiger charge is 2.38. The molecule has 0 fully saturated rings. The van der Waals surface area contributed by atoms with E-state index in [1.54, 1.807) is 31.2 Å². The monoisotopic (exact) mass is 205 g/mol. The van der Waals surface area contributed by atoms with Crippen LogP contribution in [0, 0.1) is 0 Å². The van der Waals surface area contributed by atoms with Crippen molar-refractivity contribution in [2.24, 2.45) is 0 Å². The van der Waals surface area contributed by atoms with Gasteiger partial charge >= 0.3 is 0 Å². The third kappa shape index (κ3) is 1.34. The van der Waals surface area contributed by atoms with Gasteiger partial charge in [-0.1, -0.05) is 25.1 Å². The van der Waals surface area contributed by atoms with E-state index in [0.29, 0.717) is 11.1 Å². The van der Waals surface area contributed by atoms with Crippen molar-refractivity contribution in [2.45, 2.75) is 19.6 Å². The molecule has 2 amide bonds. The average molecular weight is 205 g/mol. The summed E-state index contributed by atoms with van der Waals surface area (Å²) in [5.41, 5.74) is 0.913. The Bertz CT molecular complexity index is 428. The molecule has 1 N–H and O–H groups in total. The summed E-state index contributed by atoms with van der Waals surface area (Å²) < 4.78 is 0. The molecule has 1 unspecified atom stereocenters. The minimum absolute atomic E-state index is 0.205. The van der Waals surface area contributed by atoms with Crippen molar-refractivity contribution in [3.8, 4) is 0 Å². The van der Waals surface area contributed by atoms with Crippen molar-refractivity contribution in [3.05, 3.63) is 35.4 Å². The van der Waals surface area contributed by atoms with Gasteiger partial charge < -0.3 is 5.11 Å². The Morgan fingerprint density at radius 2 is 2.13 bits per heavy atom. The molecule has 4 nitrogen and oxygen atoms in total. The highest BCUT2D eigenvalue weighted by atomic mass is 16.3. The second-order valence-corrected chi connectivity index (χ2v) is 3.38. The first kappa shape index (κ1) is 9.86. The first-order valence-electron chi connectivity index (χ1n) is 4.80. The molecule has 1 atom stereocenters. The number of carbonyl (C=O) groups is 2. The zero-order chi connectivity index (χ0) is 11.0. The van der Waals surface area contributed by atoms with Crippen molar-refractivity contribution in [1.82, 2.24) is 4.90 Å². The lowest BCUT2D eigenvalue weighted by atomic mass is 10.1. The first-order chi connectivity index (χ1) is 7.16. The summed E-state index contributed by atoms with van der Waals surface area (Å²) in [5.74, 6) is -0.770. The molecular weight excluding hydrogens is 194 g/mol. The fraction of sp³-hybridized carbons (Fsp3) is 0.273. The molecule has 1 heterocycles. The van der Waals surface area contributed by atoms with Gasteiger partial charge in [0.05, 0.1) is 0 Å². The van der Waals surface area contributed by atoms with Crippen LogP contribution in [0.5, 0.6) is 0 Å². The van der Waals surface area contributed by atoms with Crippen molar-refractivity contribution in [1.29, 1.82) is 0 Å². The average Bonchev–Trinajstić information content (AvgIpc) is 2.52. The molecule has 0 radical (unpaired) electrons. The smallest absolute Gasteiger partial charge is 0.263 e. The standard InChI is InChI=1S/C11H11NO3/c1-2-9(13)12-10(14)7-5-3-4-6-8(7)11(12)15/h3-6,10,14H,2H2,1H3. The van der Waals surface area contributed by atoms with Gasteiger partial charge in [0.2, 0.25) is 5.91 Å². The minimum atomic E-state index is -1.12. The van der Waals surface area contributed by atoms with Gasteiger partial charge in [-0.05, 0) is 6.07 Å². The van der Waals surface area contributed by atoms with Crippen LogP contribution >= 0.6 is 0 Å². The number of amides is 2. The lowest BCUT2D eigenvalue weighted by Gasteiger charge is -2.17. The summed E-state index contributed by atoms with van der Waals surface area (Å²) in [6.45, 7) is 1.66. The van der Waals surface area contributed by atoms with E-state index in [0.717, 1.165) is 4.90 Å². The number of benzene rings is 1. The van der Waals surface area contributed by atoms with Crippen LogP contribution in [0.15, 0.2) is 24.3 Å². The van der Waals surface area contributed by atoms with E-state index >= 15 is 0 Å². The Labute approximate surface area is 87.1 Å². The third-order valence-electron chi connectivity index (χ3n) is 2.50. The van der Waals surface area contributed by atoms with Crippen molar-refractivity contribution in [2.75, 3.05) is 0 Å². The second-order valence-electron chi connectivity index (χ2n) is 3.38. The summed E-state index contributed by atoms with van der Waals surface area (Å²) in [6, 6.07) is 6.71. The fourth-order valence-corrected chi connectivity index (χ4v) is 1.72. The predicted octanol–water partition coefficient (Wildman–Crippen LogP) is 1.07.